The van der Waals surface area contributed by atoms with E-state index in [-0.39, 0.29) is 0 Å². The van der Waals surface area contributed by atoms with Gasteiger partial charge in [0.15, 0.2) is 0 Å². The Kier molecular flexibility index (Phi) is 13.7. The van der Waals surface area contributed by atoms with Crippen molar-refractivity contribution >= 4 is 0 Å². The van der Waals surface area contributed by atoms with Gasteiger partial charge < -0.3 is 5.73 Å². The summed E-state index contributed by atoms with van der Waals surface area (Å²) in [5, 5.41) is 0. The van der Waals surface area contributed by atoms with Crippen molar-refractivity contribution in [1.82, 2.24) is 0 Å². The zero-order chi connectivity index (χ0) is 10.7. The van der Waals surface area contributed by atoms with Crippen LogP contribution in [-0.2, 0) is 0 Å². The second kappa shape index (κ2) is 11.7. The topological polar surface area (TPSA) is 26.0 Å². The maximum Gasteiger partial charge on any atom is -0.00772 e. The van der Waals surface area contributed by atoms with E-state index in [1.165, 1.54) is 18.4 Å². The van der Waals surface area contributed by atoms with E-state index < -0.39 is 0 Å². The summed E-state index contributed by atoms with van der Waals surface area (Å²) in [6, 6.07) is 0. The predicted octanol–water partition coefficient (Wildman–Crippen LogP) is 3.74. The molecule has 0 aliphatic carbocycles. The van der Waals surface area contributed by atoms with Gasteiger partial charge >= 0.3 is 0 Å². The van der Waals surface area contributed by atoms with E-state index in [0.29, 0.717) is 0 Å². The minimum Gasteiger partial charge on any atom is -0.330 e. The smallest absolute Gasteiger partial charge is 0.00772 e. The van der Waals surface area contributed by atoms with Crippen molar-refractivity contribution < 1.29 is 0 Å². The van der Waals surface area contributed by atoms with Crippen molar-refractivity contribution in [3.63, 3.8) is 0 Å². The molecule has 0 radical (unpaired) electrons. The van der Waals surface area contributed by atoms with Crippen molar-refractivity contribution in [1.29, 1.82) is 0 Å². The quantitative estimate of drug-likeness (QED) is 0.649. The monoisotopic (exact) mass is 185 g/mol. The molecule has 0 saturated heterocycles. The number of allylic oxidation sites excluding steroid dienone is 2. The molecular weight excluding hydrogens is 158 g/mol. The Balaban J connectivity index is 0. The van der Waals surface area contributed by atoms with Gasteiger partial charge in [0.25, 0.3) is 0 Å². The largest absolute Gasteiger partial charge is 0.330 e. The molecule has 80 valence electrons. The lowest BCUT2D eigenvalue weighted by Gasteiger charge is -2.09. The summed E-state index contributed by atoms with van der Waals surface area (Å²) in [6.07, 6.45) is 5.86. The zero-order valence-electron chi connectivity index (χ0n) is 10.1. The Bertz CT molecular complexity index is 116. The molecule has 0 aromatic carbocycles. The third-order valence-electron chi connectivity index (χ3n) is 2.06. The number of hydrogen-bond acceptors (Lipinski definition) is 1. The van der Waals surface area contributed by atoms with Gasteiger partial charge in [-0.1, -0.05) is 32.4 Å². The zero-order valence-corrected chi connectivity index (χ0v) is 10.1. The lowest BCUT2D eigenvalue weighted by Crippen LogP contribution is -2.02. The van der Waals surface area contributed by atoms with Crippen LogP contribution >= 0.6 is 0 Å². The summed E-state index contributed by atoms with van der Waals surface area (Å²) in [6.45, 7) is 11.4. The fraction of sp³-hybridized carbons (Fsp3) is 0.833. The second-order valence-electron chi connectivity index (χ2n) is 3.38. The van der Waals surface area contributed by atoms with Gasteiger partial charge in [-0.3, -0.25) is 0 Å². The van der Waals surface area contributed by atoms with Crippen LogP contribution < -0.4 is 5.73 Å². The third kappa shape index (κ3) is 11.7. The van der Waals surface area contributed by atoms with E-state index in [4.69, 9.17) is 5.73 Å². The fourth-order valence-corrected chi connectivity index (χ4v) is 1.24. The van der Waals surface area contributed by atoms with Gasteiger partial charge in [0.1, 0.15) is 0 Å². The molecule has 0 rings (SSSR count). The molecule has 1 nitrogen and oxygen atoms in total. The number of rotatable bonds is 5. The van der Waals surface area contributed by atoms with Crippen molar-refractivity contribution in [2.45, 2.75) is 53.9 Å². The Morgan fingerprint density at radius 2 is 1.92 bits per heavy atom. The van der Waals surface area contributed by atoms with Crippen molar-refractivity contribution in [2.24, 2.45) is 11.7 Å². The normalized spacial score (nSPS) is 13.2. The fourth-order valence-electron chi connectivity index (χ4n) is 1.24. The van der Waals surface area contributed by atoms with Crippen molar-refractivity contribution in [3.05, 3.63) is 11.6 Å². The van der Waals surface area contributed by atoms with Crippen LogP contribution in [0.1, 0.15) is 53.9 Å². The highest BCUT2D eigenvalue weighted by Crippen LogP contribution is 2.15. The lowest BCUT2D eigenvalue weighted by atomic mass is 9.97. The standard InChI is InChI=1S/C10H21N.C2H6/c1-4-9(2)8-10(3)6-5-7-11;1-2/h4,10H,5-8,11H2,1-3H3;1-2H3/b9-4-;. The molecule has 1 unspecified atom stereocenters. The Morgan fingerprint density at radius 1 is 1.38 bits per heavy atom. The van der Waals surface area contributed by atoms with Crippen molar-refractivity contribution in [2.75, 3.05) is 6.54 Å². The summed E-state index contributed by atoms with van der Waals surface area (Å²) in [5.74, 6) is 0.801. The van der Waals surface area contributed by atoms with Crippen LogP contribution in [0.4, 0.5) is 0 Å². The molecule has 0 aromatic heterocycles. The average molecular weight is 185 g/mol. The van der Waals surface area contributed by atoms with Crippen molar-refractivity contribution in [3.8, 4) is 0 Å². The highest BCUT2D eigenvalue weighted by atomic mass is 14.5. The van der Waals surface area contributed by atoms with Crippen LogP contribution in [0.25, 0.3) is 0 Å². The van der Waals surface area contributed by atoms with Crippen LogP contribution in [0.15, 0.2) is 11.6 Å². The van der Waals surface area contributed by atoms with Crippen LogP contribution in [0.3, 0.4) is 0 Å². The van der Waals surface area contributed by atoms with E-state index >= 15 is 0 Å². The van der Waals surface area contributed by atoms with E-state index in [1.54, 1.807) is 0 Å². The minimum atomic E-state index is 0.801. The van der Waals surface area contributed by atoms with E-state index in [0.717, 1.165) is 18.9 Å². The predicted molar refractivity (Wildman–Crippen MR) is 62.8 cm³/mol. The Morgan fingerprint density at radius 3 is 2.31 bits per heavy atom. The van der Waals surface area contributed by atoms with Gasteiger partial charge in [-0.05, 0) is 45.6 Å². The lowest BCUT2D eigenvalue weighted by molar-refractivity contribution is 0.510. The SMILES string of the molecule is C/C=C(/C)CC(C)CCCN.CC. The van der Waals surface area contributed by atoms with Crippen LogP contribution in [-0.4, -0.2) is 6.54 Å². The first-order valence-corrected chi connectivity index (χ1v) is 5.52. The molecule has 0 aliphatic rings. The van der Waals surface area contributed by atoms with E-state index in [9.17, 15) is 0 Å². The van der Waals surface area contributed by atoms with Gasteiger partial charge in [-0.15, -0.1) is 0 Å². The molecule has 0 fully saturated rings. The minimum absolute atomic E-state index is 0.801. The third-order valence-corrected chi connectivity index (χ3v) is 2.06. The number of hydrogen-bond donors (Lipinski definition) is 1. The van der Waals surface area contributed by atoms with E-state index in [1.807, 2.05) is 13.8 Å². The first kappa shape index (κ1) is 15.2. The van der Waals surface area contributed by atoms with Gasteiger partial charge in [0.05, 0.1) is 0 Å². The molecule has 2 N–H and O–H groups in total. The molecule has 13 heavy (non-hydrogen) atoms. The van der Waals surface area contributed by atoms with Gasteiger partial charge in [-0.25, -0.2) is 0 Å². The Labute approximate surface area is 84.4 Å². The van der Waals surface area contributed by atoms with Crippen LogP contribution in [0, 0.1) is 5.92 Å². The molecule has 0 saturated carbocycles. The number of nitrogens with two attached hydrogens (primary N) is 1. The maximum atomic E-state index is 5.43. The molecule has 0 heterocycles. The highest BCUT2D eigenvalue weighted by molar-refractivity contribution is 4.96. The van der Waals surface area contributed by atoms with Crippen LogP contribution in [0.5, 0.6) is 0 Å². The molecule has 0 spiro atoms. The molecule has 1 heteroatoms. The van der Waals surface area contributed by atoms with E-state index in [2.05, 4.69) is 26.8 Å². The summed E-state index contributed by atoms with van der Waals surface area (Å²) in [5.41, 5.74) is 6.92. The molecule has 1 atom stereocenters. The summed E-state index contributed by atoms with van der Waals surface area (Å²) in [4.78, 5) is 0. The highest BCUT2D eigenvalue weighted by Gasteiger charge is 2.00. The first-order valence-electron chi connectivity index (χ1n) is 5.52. The van der Waals surface area contributed by atoms with Crippen LogP contribution in [0.2, 0.25) is 0 Å². The first-order chi connectivity index (χ1) is 6.20. The van der Waals surface area contributed by atoms with Gasteiger partial charge in [0.2, 0.25) is 0 Å². The average Bonchev–Trinajstić information content (AvgIpc) is 2.17. The summed E-state index contributed by atoms with van der Waals surface area (Å²) < 4.78 is 0. The van der Waals surface area contributed by atoms with Gasteiger partial charge in [0, 0.05) is 0 Å². The molecular formula is C12H27N. The molecule has 0 bridgehead atoms. The maximum absolute atomic E-state index is 5.43. The summed E-state index contributed by atoms with van der Waals surface area (Å²) >= 11 is 0. The molecule has 0 aromatic rings. The Hall–Kier alpha value is -0.300. The second-order valence-corrected chi connectivity index (χ2v) is 3.38. The molecule has 0 amide bonds. The van der Waals surface area contributed by atoms with Gasteiger partial charge in [-0.2, -0.15) is 0 Å². The molecule has 0 aliphatic heterocycles. The summed E-state index contributed by atoms with van der Waals surface area (Å²) in [7, 11) is 0.